The minimum Gasteiger partial charge on any atom is -0.426 e. The Labute approximate surface area is 176 Å². The molecule has 2 saturated heterocycles. The fourth-order valence-corrected chi connectivity index (χ4v) is 5.79. The Morgan fingerprint density at radius 3 is 2.62 bits per heavy atom. The lowest BCUT2D eigenvalue weighted by Gasteiger charge is -2.44. The van der Waals surface area contributed by atoms with Crippen molar-refractivity contribution < 1.29 is 28.7 Å². The maximum Gasteiger partial charge on any atom is 0.333 e. The summed E-state index contributed by atoms with van der Waals surface area (Å²) in [4.78, 5) is 50.1. The van der Waals surface area contributed by atoms with E-state index in [2.05, 4.69) is 5.32 Å². The highest BCUT2D eigenvalue weighted by atomic mass is 32.2. The average molecular weight is 442 g/mol. The summed E-state index contributed by atoms with van der Waals surface area (Å²) in [6, 6.07) is 0.220. The molecule has 9 nitrogen and oxygen atoms in total. The molecule has 3 N–H and O–H groups in total. The SMILES string of the molecule is CC(=O)OC(C)OC(=O)[C@@H]1N2C(=O)[C@@H](NC(=O)Cc3ccsc3N)[C@H]2SC1(C)C. The van der Waals surface area contributed by atoms with Crippen molar-refractivity contribution >= 4 is 51.9 Å². The summed E-state index contributed by atoms with van der Waals surface area (Å²) < 4.78 is 9.39. The topological polar surface area (TPSA) is 128 Å². The predicted octanol–water partition coefficient (Wildman–Crippen LogP) is 0.872. The fourth-order valence-electron chi connectivity index (χ4n) is 3.50. The molecule has 4 atom stereocenters. The first-order valence-corrected chi connectivity index (χ1v) is 10.8. The average Bonchev–Trinajstić information content (AvgIpc) is 3.10. The van der Waals surface area contributed by atoms with Crippen LogP contribution in [0, 0.1) is 0 Å². The molecule has 11 heteroatoms. The van der Waals surface area contributed by atoms with E-state index in [9.17, 15) is 19.2 Å². The van der Waals surface area contributed by atoms with E-state index < -0.39 is 35.1 Å². The van der Waals surface area contributed by atoms with Gasteiger partial charge in [0.2, 0.25) is 18.1 Å². The summed E-state index contributed by atoms with van der Waals surface area (Å²) in [5.74, 6) is -1.87. The van der Waals surface area contributed by atoms with E-state index in [1.54, 1.807) is 11.4 Å². The molecule has 0 aliphatic carbocycles. The smallest absolute Gasteiger partial charge is 0.333 e. The van der Waals surface area contributed by atoms with Crippen molar-refractivity contribution in [1.29, 1.82) is 0 Å². The molecule has 2 aliphatic rings. The Balaban J connectivity index is 1.64. The van der Waals surface area contributed by atoms with Crippen LogP contribution >= 0.6 is 23.1 Å². The zero-order valence-corrected chi connectivity index (χ0v) is 18.1. The standard InChI is InChI=1S/C18H23N3O6S2/c1-8(22)26-9(2)27-17(25)13-18(3,4)29-16-12(15(24)21(13)16)20-11(23)7-10-5-6-28-14(10)19/h5-6,9,12-13,16H,7,19H2,1-4H3,(H,20,23)/t9?,12-,13+,16-/m1/s1. The highest BCUT2D eigenvalue weighted by molar-refractivity contribution is 8.01. The lowest BCUT2D eigenvalue weighted by Crippen LogP contribution is -2.71. The fraction of sp³-hybridized carbons (Fsp3) is 0.556. The molecule has 2 fully saturated rings. The van der Waals surface area contributed by atoms with Crippen LogP contribution in [0.2, 0.25) is 0 Å². The largest absolute Gasteiger partial charge is 0.426 e. The van der Waals surface area contributed by atoms with Crippen molar-refractivity contribution in [3.05, 3.63) is 17.0 Å². The van der Waals surface area contributed by atoms with Crippen molar-refractivity contribution in [2.75, 3.05) is 5.73 Å². The van der Waals surface area contributed by atoms with Gasteiger partial charge in [0, 0.05) is 18.6 Å². The van der Waals surface area contributed by atoms with Crippen LogP contribution in [0.15, 0.2) is 11.4 Å². The first-order chi connectivity index (χ1) is 13.5. The lowest BCUT2D eigenvalue weighted by molar-refractivity contribution is -0.190. The van der Waals surface area contributed by atoms with Crippen LogP contribution < -0.4 is 11.1 Å². The van der Waals surface area contributed by atoms with E-state index in [0.717, 1.165) is 5.56 Å². The van der Waals surface area contributed by atoms with Crippen molar-refractivity contribution in [2.45, 2.75) is 62.6 Å². The van der Waals surface area contributed by atoms with Gasteiger partial charge in [-0.2, -0.15) is 0 Å². The molecule has 0 bridgehead atoms. The highest BCUT2D eigenvalue weighted by Crippen LogP contribution is 2.51. The molecular formula is C18H23N3O6S2. The summed E-state index contributed by atoms with van der Waals surface area (Å²) >= 11 is 2.77. The molecule has 2 amide bonds. The number of nitrogens with zero attached hydrogens (tertiary/aromatic N) is 1. The second-order valence-electron chi connectivity index (χ2n) is 7.41. The van der Waals surface area contributed by atoms with E-state index in [0.29, 0.717) is 5.00 Å². The Bertz CT molecular complexity index is 854. The molecule has 3 heterocycles. The number of carbonyl (C=O) groups is 4. The number of fused-ring (bicyclic) bond motifs is 1. The van der Waals surface area contributed by atoms with Crippen LogP contribution in [0.4, 0.5) is 5.00 Å². The first-order valence-electron chi connectivity index (χ1n) is 9.00. The quantitative estimate of drug-likeness (QED) is 0.378. The maximum atomic E-state index is 12.7. The number of thioether (sulfide) groups is 1. The van der Waals surface area contributed by atoms with Gasteiger partial charge >= 0.3 is 11.9 Å². The molecule has 3 rings (SSSR count). The Morgan fingerprint density at radius 2 is 2.03 bits per heavy atom. The molecule has 0 saturated carbocycles. The number of amides is 2. The molecular weight excluding hydrogens is 418 g/mol. The number of anilines is 1. The minimum absolute atomic E-state index is 0.0886. The zero-order valence-electron chi connectivity index (χ0n) is 16.5. The van der Waals surface area contributed by atoms with Gasteiger partial charge in [0.15, 0.2) is 0 Å². The Morgan fingerprint density at radius 1 is 1.34 bits per heavy atom. The molecule has 1 unspecified atom stereocenters. The highest BCUT2D eigenvalue weighted by Gasteiger charge is 2.64. The van der Waals surface area contributed by atoms with Crippen LogP contribution in [-0.4, -0.2) is 57.1 Å². The van der Waals surface area contributed by atoms with E-state index in [1.165, 1.54) is 41.8 Å². The normalized spacial score (nSPS) is 25.6. The minimum atomic E-state index is -1.05. The van der Waals surface area contributed by atoms with Gasteiger partial charge in [-0.15, -0.1) is 23.1 Å². The van der Waals surface area contributed by atoms with Crippen molar-refractivity contribution in [3.8, 4) is 0 Å². The number of β-lactam (4-membered cyclic amide) rings is 1. The number of thiophene rings is 1. The van der Waals surface area contributed by atoms with E-state index in [-0.39, 0.29) is 23.6 Å². The number of hydrogen-bond donors (Lipinski definition) is 2. The summed E-state index contributed by atoms with van der Waals surface area (Å²) in [7, 11) is 0. The van der Waals surface area contributed by atoms with Gasteiger partial charge in [0.25, 0.3) is 0 Å². The zero-order chi connectivity index (χ0) is 21.5. The summed E-state index contributed by atoms with van der Waals surface area (Å²) in [6.45, 7) is 6.31. The monoisotopic (exact) mass is 441 g/mol. The molecule has 1 aromatic heterocycles. The van der Waals surface area contributed by atoms with Crippen molar-refractivity contribution in [2.24, 2.45) is 0 Å². The number of hydrogen-bond acceptors (Lipinski definition) is 9. The second kappa shape index (κ2) is 7.86. The van der Waals surface area contributed by atoms with Crippen LogP contribution in [0.3, 0.4) is 0 Å². The second-order valence-corrected chi connectivity index (χ2v) is 10.1. The van der Waals surface area contributed by atoms with Crippen LogP contribution in [-0.2, 0) is 35.1 Å². The van der Waals surface area contributed by atoms with Gasteiger partial charge in [-0.25, -0.2) is 4.79 Å². The number of esters is 2. The Kier molecular flexibility index (Phi) is 5.81. The van der Waals surface area contributed by atoms with Gasteiger partial charge in [0.05, 0.1) is 11.4 Å². The third-order valence-corrected chi connectivity index (χ3v) is 7.09. The number of rotatable bonds is 6. The number of ether oxygens (including phenoxy) is 2. The van der Waals surface area contributed by atoms with Gasteiger partial charge in [-0.3, -0.25) is 14.4 Å². The first kappa shape index (κ1) is 21.4. The number of carbonyl (C=O) groups excluding carboxylic acids is 4. The molecule has 1 aromatic rings. The van der Waals surface area contributed by atoms with E-state index in [4.69, 9.17) is 15.2 Å². The molecule has 29 heavy (non-hydrogen) atoms. The van der Waals surface area contributed by atoms with Crippen LogP contribution in [0.25, 0.3) is 0 Å². The molecule has 2 aliphatic heterocycles. The third-order valence-electron chi connectivity index (χ3n) is 4.73. The Hall–Kier alpha value is -2.27. The van der Waals surface area contributed by atoms with E-state index >= 15 is 0 Å². The van der Waals surface area contributed by atoms with Crippen molar-refractivity contribution in [1.82, 2.24) is 10.2 Å². The predicted molar refractivity (Wildman–Crippen MR) is 108 cm³/mol. The molecule has 0 aromatic carbocycles. The van der Waals surface area contributed by atoms with Gasteiger partial charge in [0.1, 0.15) is 17.5 Å². The molecule has 158 valence electrons. The number of nitrogens with two attached hydrogens (primary N) is 1. The van der Waals surface area contributed by atoms with Gasteiger partial charge in [-0.1, -0.05) is 0 Å². The summed E-state index contributed by atoms with van der Waals surface area (Å²) in [5, 5.41) is 4.75. The van der Waals surface area contributed by atoms with Gasteiger partial charge < -0.3 is 25.4 Å². The summed E-state index contributed by atoms with van der Waals surface area (Å²) in [5.41, 5.74) is 6.53. The van der Waals surface area contributed by atoms with Crippen molar-refractivity contribution in [3.63, 3.8) is 0 Å². The molecule has 0 radical (unpaired) electrons. The lowest BCUT2D eigenvalue weighted by atomic mass is 9.96. The van der Waals surface area contributed by atoms with Crippen LogP contribution in [0.1, 0.15) is 33.3 Å². The summed E-state index contributed by atoms with van der Waals surface area (Å²) in [6.07, 6.45) is -0.964. The molecule has 0 spiro atoms. The van der Waals surface area contributed by atoms with Gasteiger partial charge in [-0.05, 0) is 30.9 Å². The third kappa shape index (κ3) is 4.20. The maximum absolute atomic E-state index is 12.7. The number of nitrogen functional groups attached to an aromatic ring is 1. The van der Waals surface area contributed by atoms with E-state index in [1.807, 2.05) is 13.8 Å². The van der Waals surface area contributed by atoms with Crippen LogP contribution in [0.5, 0.6) is 0 Å². The number of nitrogens with one attached hydrogen (secondary N) is 1.